The second kappa shape index (κ2) is 3.29. The van der Waals surface area contributed by atoms with Crippen LogP contribution >= 0.6 is 0 Å². The second-order valence-corrected chi connectivity index (χ2v) is 2.04. The predicted octanol–water partition coefficient (Wildman–Crippen LogP) is -1.33. The molecule has 0 spiro atoms. The molecule has 0 saturated heterocycles. The zero-order chi connectivity index (χ0) is 9.14. The molecule has 0 aliphatic carbocycles. The molecule has 1 aromatic heterocycles. The summed E-state index contributed by atoms with van der Waals surface area (Å²) >= 11 is 0. The Kier molecular flexibility index (Phi) is 2.36. The number of nitro groups is 1. The number of hydrogen-bond donors (Lipinski definition) is 2. The summed E-state index contributed by atoms with van der Waals surface area (Å²) in [5.41, 5.74) is -0.741. The molecule has 0 fully saturated rings. The first kappa shape index (κ1) is 8.63. The van der Waals surface area contributed by atoms with Gasteiger partial charge in [0.1, 0.15) is 5.59 Å². The molecule has 1 heterocycles. The lowest BCUT2D eigenvalue weighted by atomic mass is 9.84. The maximum absolute atomic E-state index is 10.3. The van der Waals surface area contributed by atoms with E-state index in [4.69, 9.17) is 10.0 Å². The van der Waals surface area contributed by atoms with Gasteiger partial charge in [-0.3, -0.25) is 15.1 Å². The van der Waals surface area contributed by atoms with Crippen LogP contribution < -0.4 is 5.59 Å². The summed E-state index contributed by atoms with van der Waals surface area (Å²) in [6.45, 7) is 0. The molecule has 2 N–H and O–H groups in total. The monoisotopic (exact) mass is 168 g/mol. The van der Waals surface area contributed by atoms with Gasteiger partial charge in [0, 0.05) is 12.3 Å². The van der Waals surface area contributed by atoms with Crippen LogP contribution in [0.3, 0.4) is 0 Å². The van der Waals surface area contributed by atoms with E-state index in [-0.39, 0.29) is 5.59 Å². The highest BCUT2D eigenvalue weighted by molar-refractivity contribution is 6.59. The standard InChI is InChI=1S/C5H5BN2O4/c9-6(10)5-4(8(11)12)2-1-3-7-5/h1-3,9-10H. The minimum Gasteiger partial charge on any atom is -0.422 e. The van der Waals surface area contributed by atoms with E-state index in [2.05, 4.69) is 4.98 Å². The minimum absolute atomic E-state index is 0.345. The van der Waals surface area contributed by atoms with Crippen molar-refractivity contribution in [2.75, 3.05) is 0 Å². The van der Waals surface area contributed by atoms with Crippen molar-refractivity contribution in [3.05, 3.63) is 28.4 Å². The zero-order valence-electron chi connectivity index (χ0n) is 5.91. The van der Waals surface area contributed by atoms with Crippen molar-refractivity contribution < 1.29 is 15.0 Å². The largest absolute Gasteiger partial charge is 0.515 e. The van der Waals surface area contributed by atoms with Crippen LogP contribution in [-0.2, 0) is 0 Å². The first-order chi connectivity index (χ1) is 5.63. The van der Waals surface area contributed by atoms with Gasteiger partial charge >= 0.3 is 7.12 Å². The number of pyridine rings is 1. The number of rotatable bonds is 2. The van der Waals surface area contributed by atoms with Gasteiger partial charge in [0.05, 0.1) is 4.92 Å². The third kappa shape index (κ3) is 1.58. The van der Waals surface area contributed by atoms with Crippen LogP contribution in [0.1, 0.15) is 0 Å². The molecule has 1 aromatic rings. The van der Waals surface area contributed by atoms with E-state index < -0.39 is 17.7 Å². The van der Waals surface area contributed by atoms with Crippen LogP contribution in [0.5, 0.6) is 0 Å². The molecule has 0 amide bonds. The normalized spacial score (nSPS) is 9.50. The van der Waals surface area contributed by atoms with Gasteiger partial charge in [-0.05, 0) is 6.07 Å². The topological polar surface area (TPSA) is 96.5 Å². The Morgan fingerprint density at radius 1 is 1.58 bits per heavy atom. The van der Waals surface area contributed by atoms with Gasteiger partial charge in [-0.15, -0.1) is 0 Å². The summed E-state index contributed by atoms with van der Waals surface area (Å²) in [6, 6.07) is 2.51. The van der Waals surface area contributed by atoms with Crippen molar-refractivity contribution in [3.8, 4) is 0 Å². The predicted molar refractivity (Wildman–Crippen MR) is 40.7 cm³/mol. The lowest BCUT2D eigenvalue weighted by Crippen LogP contribution is -2.34. The van der Waals surface area contributed by atoms with E-state index in [0.717, 1.165) is 6.07 Å². The van der Waals surface area contributed by atoms with E-state index in [1.807, 2.05) is 0 Å². The molecule has 0 aliphatic heterocycles. The molecule has 0 bridgehead atoms. The molecule has 0 aliphatic rings. The lowest BCUT2D eigenvalue weighted by Gasteiger charge is -1.97. The lowest BCUT2D eigenvalue weighted by molar-refractivity contribution is -0.384. The van der Waals surface area contributed by atoms with Crippen LogP contribution in [0.4, 0.5) is 5.69 Å². The molecule has 0 radical (unpaired) electrons. The van der Waals surface area contributed by atoms with E-state index in [1.165, 1.54) is 12.3 Å². The van der Waals surface area contributed by atoms with Crippen molar-refractivity contribution in [2.24, 2.45) is 0 Å². The first-order valence-electron chi connectivity index (χ1n) is 3.08. The molecule has 1 rings (SSSR count). The van der Waals surface area contributed by atoms with Gasteiger partial charge in [0.2, 0.25) is 0 Å². The molecule has 6 nitrogen and oxygen atoms in total. The average molecular weight is 168 g/mol. The summed E-state index contributed by atoms with van der Waals surface area (Å²) in [4.78, 5) is 13.0. The molecule has 0 atom stereocenters. The third-order valence-electron chi connectivity index (χ3n) is 1.26. The van der Waals surface area contributed by atoms with Crippen LogP contribution in [0.25, 0.3) is 0 Å². The molecule has 0 aromatic carbocycles. The average Bonchev–Trinajstić information content (AvgIpc) is 2.04. The molecule has 7 heteroatoms. The fraction of sp³-hybridized carbons (Fsp3) is 0. The number of aromatic nitrogens is 1. The van der Waals surface area contributed by atoms with Gasteiger partial charge in [-0.2, -0.15) is 0 Å². The number of hydrogen-bond acceptors (Lipinski definition) is 5. The van der Waals surface area contributed by atoms with Crippen molar-refractivity contribution >= 4 is 18.4 Å². The molecular weight excluding hydrogens is 163 g/mol. The van der Waals surface area contributed by atoms with Gasteiger partial charge in [0.15, 0.2) is 0 Å². The first-order valence-corrected chi connectivity index (χ1v) is 3.08. The Hall–Kier alpha value is -1.47. The van der Waals surface area contributed by atoms with E-state index >= 15 is 0 Å². The Balaban J connectivity index is 3.17. The molecule has 62 valence electrons. The summed E-state index contributed by atoms with van der Waals surface area (Å²) in [7, 11) is -1.91. The quantitative estimate of drug-likeness (QED) is 0.324. The maximum Gasteiger partial charge on any atom is 0.515 e. The molecule has 0 unspecified atom stereocenters. The highest BCUT2D eigenvalue weighted by Gasteiger charge is 2.24. The van der Waals surface area contributed by atoms with Crippen molar-refractivity contribution in [1.29, 1.82) is 0 Å². The Morgan fingerprint density at radius 2 is 2.25 bits per heavy atom. The van der Waals surface area contributed by atoms with E-state index in [9.17, 15) is 10.1 Å². The highest BCUT2D eigenvalue weighted by Crippen LogP contribution is 2.03. The van der Waals surface area contributed by atoms with Crippen molar-refractivity contribution in [3.63, 3.8) is 0 Å². The van der Waals surface area contributed by atoms with Gasteiger partial charge in [0.25, 0.3) is 5.69 Å². The summed E-state index contributed by atoms with van der Waals surface area (Å²) < 4.78 is 0. The van der Waals surface area contributed by atoms with Crippen LogP contribution in [0.15, 0.2) is 18.3 Å². The minimum atomic E-state index is -1.91. The van der Waals surface area contributed by atoms with Crippen molar-refractivity contribution in [2.45, 2.75) is 0 Å². The summed E-state index contributed by atoms with van der Waals surface area (Å²) in [6.07, 6.45) is 1.25. The zero-order valence-corrected chi connectivity index (χ0v) is 5.91. The Morgan fingerprint density at radius 3 is 2.67 bits per heavy atom. The maximum atomic E-state index is 10.3. The smallest absolute Gasteiger partial charge is 0.422 e. The van der Waals surface area contributed by atoms with Crippen LogP contribution in [0.2, 0.25) is 0 Å². The van der Waals surface area contributed by atoms with Crippen LogP contribution in [0, 0.1) is 10.1 Å². The Bertz CT molecular complexity index is 303. The van der Waals surface area contributed by atoms with E-state index in [0.29, 0.717) is 0 Å². The fourth-order valence-electron chi connectivity index (χ4n) is 0.762. The molecule has 12 heavy (non-hydrogen) atoms. The van der Waals surface area contributed by atoms with Crippen molar-refractivity contribution in [1.82, 2.24) is 4.98 Å². The molecular formula is C5H5BN2O4. The number of nitrogens with zero attached hydrogens (tertiary/aromatic N) is 2. The van der Waals surface area contributed by atoms with E-state index in [1.54, 1.807) is 0 Å². The molecule has 0 saturated carbocycles. The summed E-state index contributed by atoms with van der Waals surface area (Å²) in [5.74, 6) is 0. The fourth-order valence-corrected chi connectivity index (χ4v) is 0.762. The van der Waals surface area contributed by atoms with Gasteiger partial charge in [-0.1, -0.05) is 0 Å². The Labute approximate surface area is 67.8 Å². The van der Waals surface area contributed by atoms with Gasteiger partial charge in [-0.25, -0.2) is 0 Å². The third-order valence-corrected chi connectivity index (χ3v) is 1.26. The van der Waals surface area contributed by atoms with Gasteiger partial charge < -0.3 is 10.0 Å². The second-order valence-electron chi connectivity index (χ2n) is 2.04. The SMILES string of the molecule is O=[N+]([O-])c1cccnc1B(O)O. The van der Waals surface area contributed by atoms with Crippen LogP contribution in [-0.4, -0.2) is 27.1 Å². The highest BCUT2D eigenvalue weighted by atomic mass is 16.6. The summed E-state index contributed by atoms with van der Waals surface area (Å²) in [5, 5.41) is 27.6.